The van der Waals surface area contributed by atoms with Crippen molar-refractivity contribution < 1.29 is 4.79 Å². The highest BCUT2D eigenvalue weighted by molar-refractivity contribution is 6.31. The summed E-state index contributed by atoms with van der Waals surface area (Å²) >= 11 is 12.2. The Bertz CT molecular complexity index is 1210. The second kappa shape index (κ2) is 7.50. The van der Waals surface area contributed by atoms with Crippen molar-refractivity contribution in [3.05, 3.63) is 76.0 Å². The van der Waals surface area contributed by atoms with E-state index in [-0.39, 0.29) is 5.91 Å². The molecule has 4 aromatic rings. The van der Waals surface area contributed by atoms with Gasteiger partial charge in [-0.25, -0.2) is 9.97 Å². The van der Waals surface area contributed by atoms with E-state index in [9.17, 15) is 4.79 Å². The van der Waals surface area contributed by atoms with Crippen molar-refractivity contribution in [1.29, 1.82) is 0 Å². The van der Waals surface area contributed by atoms with Gasteiger partial charge in [0.2, 0.25) is 5.78 Å². The second-order valence-corrected chi connectivity index (χ2v) is 7.81. The Labute approximate surface area is 178 Å². The fourth-order valence-corrected chi connectivity index (χ4v) is 3.45. The molecule has 0 radical (unpaired) electrons. The summed E-state index contributed by atoms with van der Waals surface area (Å²) in [6.07, 6.45) is 1.80. The van der Waals surface area contributed by atoms with Crippen LogP contribution in [0.15, 0.2) is 54.7 Å². The Hall–Kier alpha value is -2.89. The molecule has 5 nitrogen and oxygen atoms in total. The van der Waals surface area contributed by atoms with Crippen molar-refractivity contribution in [2.24, 2.45) is 0 Å². The summed E-state index contributed by atoms with van der Waals surface area (Å²) in [4.78, 5) is 23.5. The van der Waals surface area contributed by atoms with Crippen LogP contribution < -0.4 is 0 Å². The molecule has 0 bridgehead atoms. The maximum atomic E-state index is 12.6. The number of benzene rings is 2. The first kappa shape index (κ1) is 19.4. The van der Waals surface area contributed by atoms with Crippen LogP contribution in [0.25, 0.3) is 28.3 Å². The van der Waals surface area contributed by atoms with E-state index < -0.39 is 0 Å². The zero-order valence-electron chi connectivity index (χ0n) is 16.1. The number of carbonyl (C=O) groups is 1. The topological polar surface area (TPSA) is 50.5 Å². The van der Waals surface area contributed by atoms with Crippen molar-refractivity contribution in [2.45, 2.75) is 6.92 Å². The number of aryl methyl sites for hydroxylation is 1. The highest BCUT2D eigenvalue weighted by atomic mass is 35.5. The number of carbonyl (C=O) groups excluding carboxylic acids is 1. The number of nitrogens with zero attached hydrogens (tertiary/aromatic N) is 4. The molecule has 0 N–H and O–H groups in total. The smallest absolute Gasteiger partial charge is 0.256 e. The van der Waals surface area contributed by atoms with Gasteiger partial charge in [-0.1, -0.05) is 47.5 Å². The molecule has 0 aliphatic carbocycles. The van der Waals surface area contributed by atoms with Crippen LogP contribution >= 0.6 is 23.2 Å². The third-order valence-corrected chi connectivity index (χ3v) is 5.18. The van der Waals surface area contributed by atoms with Gasteiger partial charge < -0.3 is 4.90 Å². The molecule has 0 aliphatic heterocycles. The first-order valence-electron chi connectivity index (χ1n) is 8.98. The van der Waals surface area contributed by atoms with E-state index in [1.165, 1.54) is 4.90 Å². The molecule has 1 amide bonds. The van der Waals surface area contributed by atoms with Gasteiger partial charge in [0.25, 0.3) is 5.91 Å². The minimum atomic E-state index is -0.110. The molecule has 0 aliphatic rings. The van der Waals surface area contributed by atoms with E-state index in [1.54, 1.807) is 20.3 Å². The summed E-state index contributed by atoms with van der Waals surface area (Å²) < 4.78 is 1.86. The first-order valence-corrected chi connectivity index (χ1v) is 9.74. The molecular formula is C22H18Cl2N4O. The molecule has 2 heterocycles. The van der Waals surface area contributed by atoms with E-state index >= 15 is 0 Å². The van der Waals surface area contributed by atoms with E-state index in [0.29, 0.717) is 27.1 Å². The molecule has 146 valence electrons. The Morgan fingerprint density at radius 2 is 1.45 bits per heavy atom. The van der Waals surface area contributed by atoms with Crippen molar-refractivity contribution in [2.75, 3.05) is 14.1 Å². The van der Waals surface area contributed by atoms with Crippen LogP contribution in [0, 0.1) is 6.92 Å². The number of hydrogen-bond donors (Lipinski definition) is 0. The monoisotopic (exact) mass is 424 g/mol. The van der Waals surface area contributed by atoms with Crippen molar-refractivity contribution in [3.8, 4) is 22.5 Å². The lowest BCUT2D eigenvalue weighted by Gasteiger charge is -2.13. The van der Waals surface area contributed by atoms with Crippen LogP contribution in [0.4, 0.5) is 0 Å². The number of amides is 1. The zero-order valence-corrected chi connectivity index (χ0v) is 17.7. The molecule has 4 rings (SSSR count). The van der Waals surface area contributed by atoms with Gasteiger partial charge in [-0.05, 0) is 31.2 Å². The Balaban J connectivity index is 2.04. The molecule has 29 heavy (non-hydrogen) atoms. The SMILES string of the molecule is Cc1nc2nc(-c3ccc(Cl)cc3)c(-c3ccc(Cl)cc3)n2cc1C(=O)N(C)C. The number of halogens is 2. The van der Waals surface area contributed by atoms with Gasteiger partial charge in [-0.2, -0.15) is 0 Å². The van der Waals surface area contributed by atoms with Gasteiger partial charge in [-0.3, -0.25) is 9.20 Å². The standard InChI is InChI=1S/C22H18Cl2N4O/c1-13-18(21(29)27(2)3)12-28-20(15-6-10-17(24)11-7-15)19(26-22(28)25-13)14-4-8-16(23)9-5-14/h4-12H,1-3H3. The number of rotatable bonds is 3. The largest absolute Gasteiger partial charge is 0.345 e. The fraction of sp³-hybridized carbons (Fsp3) is 0.136. The molecule has 2 aromatic carbocycles. The summed E-state index contributed by atoms with van der Waals surface area (Å²) in [7, 11) is 3.44. The third kappa shape index (κ3) is 3.59. The van der Waals surface area contributed by atoms with Gasteiger partial charge in [0.05, 0.1) is 22.6 Å². The van der Waals surface area contributed by atoms with Crippen LogP contribution in [0.2, 0.25) is 10.0 Å². The average molecular weight is 425 g/mol. The van der Waals surface area contributed by atoms with Gasteiger partial charge in [0, 0.05) is 41.5 Å². The number of imidazole rings is 1. The lowest BCUT2D eigenvalue weighted by molar-refractivity contribution is 0.0826. The van der Waals surface area contributed by atoms with Crippen LogP contribution in [-0.4, -0.2) is 39.3 Å². The summed E-state index contributed by atoms with van der Waals surface area (Å²) in [5, 5.41) is 1.30. The Kier molecular flexibility index (Phi) is 5.03. The van der Waals surface area contributed by atoms with Crippen molar-refractivity contribution in [1.82, 2.24) is 19.3 Å². The van der Waals surface area contributed by atoms with Crippen LogP contribution in [0.3, 0.4) is 0 Å². The summed E-state index contributed by atoms with van der Waals surface area (Å²) in [6, 6.07) is 15.0. The van der Waals surface area contributed by atoms with Crippen LogP contribution in [-0.2, 0) is 0 Å². The molecule has 0 saturated heterocycles. The number of fused-ring (bicyclic) bond motifs is 1. The minimum absolute atomic E-state index is 0.110. The second-order valence-electron chi connectivity index (χ2n) is 6.93. The van der Waals surface area contributed by atoms with Crippen molar-refractivity contribution >= 4 is 34.9 Å². The van der Waals surface area contributed by atoms with Gasteiger partial charge >= 0.3 is 0 Å². The summed E-state index contributed by atoms with van der Waals surface area (Å²) in [5.74, 6) is 0.411. The van der Waals surface area contributed by atoms with Gasteiger partial charge in [0.15, 0.2) is 0 Å². The van der Waals surface area contributed by atoms with Gasteiger partial charge in [0.1, 0.15) is 0 Å². The molecule has 0 unspecified atom stereocenters. The lowest BCUT2D eigenvalue weighted by Crippen LogP contribution is -2.23. The summed E-state index contributed by atoms with van der Waals surface area (Å²) in [6.45, 7) is 1.81. The average Bonchev–Trinajstić information content (AvgIpc) is 3.06. The third-order valence-electron chi connectivity index (χ3n) is 4.68. The summed E-state index contributed by atoms with van der Waals surface area (Å²) in [5.41, 5.74) is 4.57. The normalized spacial score (nSPS) is 11.1. The number of hydrogen-bond acceptors (Lipinski definition) is 3. The zero-order chi connectivity index (χ0) is 20.7. The number of aromatic nitrogens is 3. The van der Waals surface area contributed by atoms with Gasteiger partial charge in [-0.15, -0.1) is 0 Å². The molecule has 0 spiro atoms. The minimum Gasteiger partial charge on any atom is -0.345 e. The highest BCUT2D eigenvalue weighted by Crippen LogP contribution is 2.34. The lowest BCUT2D eigenvalue weighted by atomic mass is 10.0. The fourth-order valence-electron chi connectivity index (χ4n) is 3.20. The first-order chi connectivity index (χ1) is 13.8. The van der Waals surface area contributed by atoms with Crippen LogP contribution in [0.5, 0.6) is 0 Å². The molecule has 0 fully saturated rings. The maximum Gasteiger partial charge on any atom is 0.256 e. The quantitative estimate of drug-likeness (QED) is 0.443. The highest BCUT2D eigenvalue weighted by Gasteiger charge is 2.21. The molecule has 7 heteroatoms. The van der Waals surface area contributed by atoms with Crippen LogP contribution in [0.1, 0.15) is 16.1 Å². The molecule has 0 atom stereocenters. The Morgan fingerprint density at radius 3 is 2.00 bits per heavy atom. The van der Waals surface area contributed by atoms with E-state index in [4.69, 9.17) is 28.2 Å². The molecule has 0 saturated carbocycles. The van der Waals surface area contributed by atoms with Crippen molar-refractivity contribution in [3.63, 3.8) is 0 Å². The molecular weight excluding hydrogens is 407 g/mol. The predicted octanol–water partition coefficient (Wildman–Crippen LogP) is 5.38. The predicted molar refractivity (Wildman–Crippen MR) is 117 cm³/mol. The maximum absolute atomic E-state index is 12.6. The van der Waals surface area contributed by atoms with E-state index in [0.717, 1.165) is 22.5 Å². The Morgan fingerprint density at radius 1 is 0.897 bits per heavy atom. The van der Waals surface area contributed by atoms with E-state index in [1.807, 2.05) is 59.9 Å². The van der Waals surface area contributed by atoms with E-state index in [2.05, 4.69) is 4.98 Å². The molecule has 2 aromatic heterocycles.